The van der Waals surface area contributed by atoms with Crippen molar-refractivity contribution in [1.29, 1.82) is 0 Å². The van der Waals surface area contributed by atoms with Crippen molar-refractivity contribution in [3.63, 3.8) is 0 Å². The van der Waals surface area contributed by atoms with Crippen molar-refractivity contribution in [2.75, 3.05) is 19.5 Å². The molecule has 0 saturated carbocycles. The average Bonchev–Trinajstić information content (AvgIpc) is 2.56. The molecule has 0 aromatic rings. The van der Waals surface area contributed by atoms with Gasteiger partial charge in [0.1, 0.15) is 0 Å². The summed E-state index contributed by atoms with van der Waals surface area (Å²) in [5.74, 6) is 0.909. The Labute approximate surface area is 150 Å². The fourth-order valence-electron chi connectivity index (χ4n) is 2.82. The van der Waals surface area contributed by atoms with Gasteiger partial charge in [0, 0.05) is 18.1 Å². The molecular weight excluding hydrogens is 304 g/mol. The smallest absolute Gasteiger partial charge is 0.0892 e. The molecule has 0 aliphatic carbocycles. The summed E-state index contributed by atoms with van der Waals surface area (Å²) in [6.45, 7) is 4.72. The molecule has 0 aliphatic heterocycles. The summed E-state index contributed by atoms with van der Waals surface area (Å²) in [4.78, 5) is 0. The van der Waals surface area contributed by atoms with E-state index in [2.05, 4.69) is 13.8 Å². The maximum absolute atomic E-state index is 9.09. The number of unbranched alkanes of at least 4 members (excludes halogenated alkanes) is 11. The molecular formula is C20H42O2S. The highest BCUT2D eigenvalue weighted by atomic mass is 32.2. The van der Waals surface area contributed by atoms with Gasteiger partial charge in [-0.1, -0.05) is 90.9 Å². The van der Waals surface area contributed by atoms with E-state index in [4.69, 9.17) is 9.84 Å². The molecule has 1 N–H and O–H groups in total. The number of hydrogen-bond acceptors (Lipinski definition) is 3. The molecule has 0 heterocycles. The van der Waals surface area contributed by atoms with E-state index < -0.39 is 0 Å². The van der Waals surface area contributed by atoms with Crippen molar-refractivity contribution in [2.45, 2.75) is 109 Å². The lowest BCUT2D eigenvalue weighted by Gasteiger charge is -2.15. The third-order valence-corrected chi connectivity index (χ3v) is 5.94. The zero-order chi connectivity index (χ0) is 17.2. The maximum Gasteiger partial charge on any atom is 0.0892 e. The van der Waals surface area contributed by atoms with Crippen LogP contribution in [0.1, 0.15) is 97.3 Å². The highest BCUT2D eigenvalue weighted by molar-refractivity contribution is 7.99. The summed E-state index contributed by atoms with van der Waals surface area (Å²) < 4.78 is 5.20. The van der Waals surface area contributed by atoms with E-state index in [9.17, 15) is 0 Å². The van der Waals surface area contributed by atoms with Crippen molar-refractivity contribution in [3.8, 4) is 0 Å². The number of aliphatic hydroxyl groups excluding tert-OH is 1. The first-order valence-corrected chi connectivity index (χ1v) is 11.0. The molecule has 0 amide bonds. The van der Waals surface area contributed by atoms with Gasteiger partial charge < -0.3 is 9.84 Å². The van der Waals surface area contributed by atoms with Gasteiger partial charge in [-0.25, -0.2) is 0 Å². The Morgan fingerprint density at radius 2 is 1.30 bits per heavy atom. The summed E-state index contributed by atoms with van der Waals surface area (Å²) in [6, 6.07) is 0. The third kappa shape index (κ3) is 16.9. The van der Waals surface area contributed by atoms with E-state index >= 15 is 0 Å². The second-order valence-electron chi connectivity index (χ2n) is 6.86. The first-order valence-electron chi connectivity index (χ1n) is 9.99. The quantitative estimate of drug-likeness (QED) is 0.299. The molecule has 23 heavy (non-hydrogen) atoms. The van der Waals surface area contributed by atoms with Crippen LogP contribution in [0.3, 0.4) is 0 Å². The zero-order valence-electron chi connectivity index (χ0n) is 16.0. The van der Waals surface area contributed by atoms with Crippen molar-refractivity contribution >= 4 is 11.8 Å². The van der Waals surface area contributed by atoms with Crippen molar-refractivity contribution in [2.24, 2.45) is 0 Å². The first-order chi connectivity index (χ1) is 11.2. The topological polar surface area (TPSA) is 29.5 Å². The van der Waals surface area contributed by atoms with E-state index in [1.54, 1.807) is 7.11 Å². The number of methoxy groups -OCH3 is 1. The molecule has 0 saturated heterocycles. The lowest BCUT2D eigenvalue weighted by Crippen LogP contribution is -2.19. The first kappa shape index (κ1) is 23.3. The predicted octanol–water partition coefficient (Wildman–Crippen LogP) is 6.21. The molecule has 0 fully saturated rings. The standard InChI is InChI=1S/C20H42O2S/c1-4-5-6-7-8-9-10-11-12-13-14-15-16-19(2)23-18-20(17-21)22-3/h19-21H,4-18H2,1-3H3/t19-,20?/m0/s1. The summed E-state index contributed by atoms with van der Waals surface area (Å²) in [7, 11) is 1.68. The van der Waals surface area contributed by atoms with Gasteiger partial charge in [-0.3, -0.25) is 0 Å². The lowest BCUT2D eigenvalue weighted by atomic mass is 10.0. The van der Waals surface area contributed by atoms with E-state index in [1.807, 2.05) is 11.8 Å². The molecule has 1 unspecified atom stereocenters. The Hall–Kier alpha value is 0.270. The van der Waals surface area contributed by atoms with Gasteiger partial charge in [-0.15, -0.1) is 0 Å². The van der Waals surface area contributed by atoms with Crippen LogP contribution >= 0.6 is 11.8 Å². The summed E-state index contributed by atoms with van der Waals surface area (Å²) in [5, 5.41) is 9.77. The normalized spacial score (nSPS) is 14.1. The van der Waals surface area contributed by atoms with Crippen molar-refractivity contribution < 1.29 is 9.84 Å². The molecule has 0 spiro atoms. The molecule has 0 bridgehead atoms. The molecule has 0 aromatic carbocycles. The van der Waals surface area contributed by atoms with Crippen LogP contribution in [0.25, 0.3) is 0 Å². The predicted molar refractivity (Wildman–Crippen MR) is 105 cm³/mol. The van der Waals surface area contributed by atoms with Crippen LogP contribution in [-0.4, -0.2) is 35.9 Å². The number of thioether (sulfide) groups is 1. The van der Waals surface area contributed by atoms with Crippen LogP contribution in [-0.2, 0) is 4.74 Å². The highest BCUT2D eigenvalue weighted by Crippen LogP contribution is 2.20. The molecule has 0 radical (unpaired) electrons. The number of ether oxygens (including phenoxy) is 1. The molecule has 2 atom stereocenters. The SMILES string of the molecule is CCCCCCCCCCCCCC[C@H](C)SCC(CO)OC. The number of hydrogen-bond donors (Lipinski definition) is 1. The largest absolute Gasteiger partial charge is 0.394 e. The molecule has 0 aromatic heterocycles. The number of aliphatic hydroxyl groups is 1. The van der Waals surface area contributed by atoms with Crippen LogP contribution in [0.5, 0.6) is 0 Å². The Balaban J connectivity index is 3.20. The van der Waals surface area contributed by atoms with Crippen molar-refractivity contribution in [1.82, 2.24) is 0 Å². The zero-order valence-corrected chi connectivity index (χ0v) is 16.8. The second kappa shape index (κ2) is 18.6. The number of rotatable bonds is 18. The molecule has 3 heteroatoms. The lowest BCUT2D eigenvalue weighted by molar-refractivity contribution is 0.0656. The average molecular weight is 347 g/mol. The minimum absolute atomic E-state index is 0.00409. The summed E-state index contributed by atoms with van der Waals surface area (Å²) in [6.07, 6.45) is 18.3. The van der Waals surface area contributed by atoms with E-state index in [1.165, 1.54) is 83.5 Å². The minimum Gasteiger partial charge on any atom is -0.394 e. The minimum atomic E-state index is 0.00409. The summed E-state index contributed by atoms with van der Waals surface area (Å²) >= 11 is 1.93. The van der Waals surface area contributed by atoms with Gasteiger partial charge >= 0.3 is 0 Å². The van der Waals surface area contributed by atoms with Crippen LogP contribution in [0, 0.1) is 0 Å². The fourth-order valence-corrected chi connectivity index (χ4v) is 3.94. The maximum atomic E-state index is 9.09. The van der Waals surface area contributed by atoms with E-state index in [0.717, 1.165) is 5.75 Å². The van der Waals surface area contributed by atoms with Gasteiger partial charge in [-0.05, 0) is 6.42 Å². The van der Waals surface area contributed by atoms with Gasteiger partial charge in [-0.2, -0.15) is 11.8 Å². The monoisotopic (exact) mass is 346 g/mol. The molecule has 0 aliphatic rings. The molecule has 2 nitrogen and oxygen atoms in total. The Morgan fingerprint density at radius 1 is 0.826 bits per heavy atom. The summed E-state index contributed by atoms with van der Waals surface area (Å²) in [5.41, 5.74) is 0. The molecule has 0 rings (SSSR count). The fraction of sp³-hybridized carbons (Fsp3) is 1.00. The molecule has 140 valence electrons. The van der Waals surface area contributed by atoms with Crippen LogP contribution in [0.15, 0.2) is 0 Å². The Kier molecular flexibility index (Phi) is 18.8. The Bertz CT molecular complexity index is 220. The second-order valence-corrected chi connectivity index (χ2v) is 8.33. The van der Waals surface area contributed by atoms with E-state index in [0.29, 0.717) is 5.25 Å². The van der Waals surface area contributed by atoms with Crippen LogP contribution < -0.4 is 0 Å². The third-order valence-electron chi connectivity index (χ3n) is 4.57. The van der Waals surface area contributed by atoms with Crippen LogP contribution in [0.2, 0.25) is 0 Å². The van der Waals surface area contributed by atoms with Gasteiger partial charge in [0.25, 0.3) is 0 Å². The van der Waals surface area contributed by atoms with Gasteiger partial charge in [0.2, 0.25) is 0 Å². The van der Waals surface area contributed by atoms with Crippen molar-refractivity contribution in [3.05, 3.63) is 0 Å². The van der Waals surface area contributed by atoms with Crippen LogP contribution in [0.4, 0.5) is 0 Å². The van der Waals surface area contributed by atoms with Gasteiger partial charge in [0.15, 0.2) is 0 Å². The van der Waals surface area contributed by atoms with E-state index in [-0.39, 0.29) is 12.7 Å². The highest BCUT2D eigenvalue weighted by Gasteiger charge is 2.09. The van der Waals surface area contributed by atoms with Gasteiger partial charge in [0.05, 0.1) is 12.7 Å². The Morgan fingerprint density at radius 3 is 1.74 bits per heavy atom.